The molecule has 4 aromatic heterocycles. The molecule has 1 aliphatic heterocycles. The van der Waals surface area contributed by atoms with Gasteiger partial charge in [-0.3, -0.25) is 14.4 Å². The van der Waals surface area contributed by atoms with Gasteiger partial charge in [-0.25, -0.2) is 9.97 Å². The van der Waals surface area contributed by atoms with Gasteiger partial charge in [-0.05, 0) is 24.9 Å². The highest BCUT2D eigenvalue weighted by molar-refractivity contribution is 5.75. The summed E-state index contributed by atoms with van der Waals surface area (Å²) >= 11 is 0. The molecule has 0 unspecified atom stereocenters. The molecule has 28 heavy (non-hydrogen) atoms. The summed E-state index contributed by atoms with van der Waals surface area (Å²) < 4.78 is 2.24. The van der Waals surface area contributed by atoms with Gasteiger partial charge in [-0.2, -0.15) is 0 Å². The lowest BCUT2D eigenvalue weighted by molar-refractivity contribution is -0.107. The van der Waals surface area contributed by atoms with Gasteiger partial charge in [0.05, 0.1) is 29.1 Å². The molecular weight excluding hydrogens is 354 g/mol. The number of nitrogens with zero attached hydrogens (tertiary/aromatic N) is 5. The summed E-state index contributed by atoms with van der Waals surface area (Å²) in [4.78, 5) is 29.8. The van der Waals surface area contributed by atoms with E-state index in [0.717, 1.165) is 41.9 Å². The third-order valence-electron chi connectivity index (χ3n) is 5.16. The SMILES string of the molecule is C[C@@H]1CCNC[C@@H]1c1ncc2cnc3[nH]ccc3n12.O=CCc1cnccn1. The predicted molar refractivity (Wildman–Crippen MR) is 106 cm³/mol. The van der Waals surface area contributed by atoms with E-state index in [-0.39, 0.29) is 0 Å². The predicted octanol–water partition coefficient (Wildman–Crippen LogP) is 2.14. The van der Waals surface area contributed by atoms with Gasteiger partial charge in [0, 0.05) is 43.7 Å². The molecule has 144 valence electrons. The number of rotatable bonds is 3. The van der Waals surface area contributed by atoms with Crippen LogP contribution in [0.3, 0.4) is 0 Å². The third-order valence-corrected chi connectivity index (χ3v) is 5.16. The maximum atomic E-state index is 9.91. The average molecular weight is 377 g/mol. The summed E-state index contributed by atoms with van der Waals surface area (Å²) in [5.41, 5.74) is 3.82. The van der Waals surface area contributed by atoms with E-state index >= 15 is 0 Å². The molecule has 0 amide bonds. The molecule has 0 aromatic carbocycles. The number of hydrogen-bond acceptors (Lipinski definition) is 6. The molecular formula is C20H23N7O. The first-order valence-electron chi connectivity index (χ1n) is 9.46. The van der Waals surface area contributed by atoms with Crippen LogP contribution in [0.15, 0.2) is 43.2 Å². The Morgan fingerprint density at radius 2 is 2.11 bits per heavy atom. The van der Waals surface area contributed by atoms with Gasteiger partial charge in [-0.1, -0.05) is 6.92 Å². The quantitative estimate of drug-likeness (QED) is 0.531. The van der Waals surface area contributed by atoms with Gasteiger partial charge >= 0.3 is 0 Å². The van der Waals surface area contributed by atoms with Crippen LogP contribution in [-0.2, 0) is 11.2 Å². The zero-order chi connectivity index (χ0) is 19.3. The topological polar surface area (TPSA) is 101 Å². The van der Waals surface area contributed by atoms with E-state index in [1.54, 1.807) is 18.6 Å². The third kappa shape index (κ3) is 3.63. The number of piperidine rings is 1. The highest BCUT2D eigenvalue weighted by atomic mass is 16.1. The fourth-order valence-electron chi connectivity index (χ4n) is 3.62. The maximum Gasteiger partial charge on any atom is 0.154 e. The normalized spacial score (nSPS) is 19.3. The Bertz CT molecular complexity index is 1060. The van der Waals surface area contributed by atoms with Crippen molar-refractivity contribution in [2.45, 2.75) is 25.7 Å². The van der Waals surface area contributed by atoms with Gasteiger partial charge in [0.15, 0.2) is 5.65 Å². The van der Waals surface area contributed by atoms with E-state index in [4.69, 9.17) is 0 Å². The molecule has 2 atom stereocenters. The van der Waals surface area contributed by atoms with Crippen molar-refractivity contribution >= 4 is 23.0 Å². The first kappa shape index (κ1) is 18.2. The summed E-state index contributed by atoms with van der Waals surface area (Å²) in [6.45, 7) is 4.44. The number of aromatic amines is 1. The van der Waals surface area contributed by atoms with E-state index in [1.807, 2.05) is 18.6 Å². The molecule has 0 aliphatic carbocycles. The molecule has 1 saturated heterocycles. The Balaban J connectivity index is 0.000000181. The average Bonchev–Trinajstić information content (AvgIpc) is 3.36. The molecule has 4 aromatic rings. The van der Waals surface area contributed by atoms with Crippen molar-refractivity contribution in [2.24, 2.45) is 5.92 Å². The number of nitrogens with one attached hydrogen (secondary N) is 2. The molecule has 8 heteroatoms. The van der Waals surface area contributed by atoms with E-state index < -0.39 is 0 Å². The van der Waals surface area contributed by atoms with E-state index in [1.165, 1.54) is 6.42 Å². The van der Waals surface area contributed by atoms with Crippen LogP contribution in [0, 0.1) is 5.92 Å². The Kier molecular flexibility index (Phi) is 5.38. The number of aldehydes is 1. The van der Waals surface area contributed by atoms with Crippen molar-refractivity contribution < 1.29 is 4.79 Å². The van der Waals surface area contributed by atoms with Crippen molar-refractivity contribution in [3.05, 3.63) is 54.8 Å². The van der Waals surface area contributed by atoms with Crippen molar-refractivity contribution in [1.29, 1.82) is 0 Å². The molecule has 5 rings (SSSR count). The second-order valence-corrected chi connectivity index (χ2v) is 6.99. The highest BCUT2D eigenvalue weighted by Gasteiger charge is 2.26. The van der Waals surface area contributed by atoms with E-state index in [2.05, 4.69) is 47.6 Å². The van der Waals surface area contributed by atoms with Crippen molar-refractivity contribution in [2.75, 3.05) is 13.1 Å². The zero-order valence-electron chi connectivity index (χ0n) is 15.7. The van der Waals surface area contributed by atoms with Crippen LogP contribution in [0.2, 0.25) is 0 Å². The van der Waals surface area contributed by atoms with Gasteiger partial charge in [0.25, 0.3) is 0 Å². The van der Waals surface area contributed by atoms with Crippen LogP contribution in [0.1, 0.15) is 30.8 Å². The summed E-state index contributed by atoms with van der Waals surface area (Å²) in [7, 11) is 0. The molecule has 2 N–H and O–H groups in total. The van der Waals surface area contributed by atoms with E-state index in [0.29, 0.717) is 24.0 Å². The van der Waals surface area contributed by atoms with Crippen molar-refractivity contribution in [3.8, 4) is 0 Å². The number of imidazole rings is 1. The number of H-pyrrole nitrogens is 1. The second-order valence-electron chi connectivity index (χ2n) is 6.99. The van der Waals surface area contributed by atoms with Gasteiger partial charge < -0.3 is 15.1 Å². The largest absolute Gasteiger partial charge is 0.345 e. The standard InChI is InChI=1S/C14H17N5.C6H6N2O/c1-9-2-4-15-8-11(9)14-18-7-10-6-17-13-12(19(10)14)3-5-16-13;9-4-1-6-5-7-2-3-8-6/h3,5-7,9,11,15-16H,2,4,8H2,1H3;2-5H,1H2/t9-,11+;/m1./s1. The smallest absolute Gasteiger partial charge is 0.154 e. The summed E-state index contributed by atoms with van der Waals surface area (Å²) in [6, 6.07) is 2.07. The molecule has 1 aliphatic rings. The highest BCUT2D eigenvalue weighted by Crippen LogP contribution is 2.29. The number of aromatic nitrogens is 6. The molecule has 0 radical (unpaired) electrons. The van der Waals surface area contributed by atoms with E-state index in [9.17, 15) is 4.79 Å². The maximum absolute atomic E-state index is 9.91. The van der Waals surface area contributed by atoms with Crippen molar-refractivity contribution in [3.63, 3.8) is 0 Å². The Morgan fingerprint density at radius 3 is 2.89 bits per heavy atom. The summed E-state index contributed by atoms with van der Waals surface area (Å²) in [6.07, 6.45) is 12.8. The lowest BCUT2D eigenvalue weighted by atomic mass is 9.87. The number of carbonyl (C=O) groups is 1. The Morgan fingerprint density at radius 1 is 1.21 bits per heavy atom. The minimum Gasteiger partial charge on any atom is -0.345 e. The van der Waals surface area contributed by atoms with Gasteiger partial charge in [-0.15, -0.1) is 0 Å². The molecule has 8 nitrogen and oxygen atoms in total. The molecule has 1 fully saturated rings. The van der Waals surface area contributed by atoms with Crippen LogP contribution in [0.4, 0.5) is 0 Å². The van der Waals surface area contributed by atoms with Gasteiger partial charge in [0.1, 0.15) is 12.1 Å². The van der Waals surface area contributed by atoms with Crippen LogP contribution in [-0.4, -0.2) is 48.7 Å². The molecule has 0 bridgehead atoms. The molecule has 0 spiro atoms. The lowest BCUT2D eigenvalue weighted by Gasteiger charge is -2.28. The van der Waals surface area contributed by atoms with Crippen LogP contribution >= 0.6 is 0 Å². The minimum absolute atomic E-state index is 0.355. The Hall–Kier alpha value is -3.13. The first-order chi connectivity index (χ1) is 13.8. The number of fused-ring (bicyclic) bond motifs is 3. The number of carbonyl (C=O) groups excluding carboxylic acids is 1. The van der Waals surface area contributed by atoms with Gasteiger partial charge in [0.2, 0.25) is 0 Å². The zero-order valence-corrected chi connectivity index (χ0v) is 15.7. The summed E-state index contributed by atoms with van der Waals surface area (Å²) in [5.74, 6) is 2.28. The fourth-order valence-corrected chi connectivity index (χ4v) is 3.62. The number of hydrogen-bond donors (Lipinski definition) is 2. The first-order valence-corrected chi connectivity index (χ1v) is 9.46. The van der Waals surface area contributed by atoms with Crippen LogP contribution in [0.5, 0.6) is 0 Å². The monoisotopic (exact) mass is 377 g/mol. The van der Waals surface area contributed by atoms with Crippen LogP contribution in [0.25, 0.3) is 16.7 Å². The lowest BCUT2D eigenvalue weighted by Crippen LogP contribution is -2.34. The van der Waals surface area contributed by atoms with Crippen molar-refractivity contribution in [1.82, 2.24) is 34.6 Å². The fraction of sp³-hybridized carbons (Fsp3) is 0.350. The summed E-state index contributed by atoms with van der Waals surface area (Å²) in [5, 5.41) is 3.48. The minimum atomic E-state index is 0.355. The molecule has 5 heterocycles. The van der Waals surface area contributed by atoms with Crippen LogP contribution < -0.4 is 5.32 Å². The Labute approximate surface area is 162 Å². The molecule has 0 saturated carbocycles. The second kappa shape index (κ2) is 8.26.